The van der Waals surface area contributed by atoms with Crippen molar-refractivity contribution in [2.24, 2.45) is 5.10 Å². The molecule has 0 radical (unpaired) electrons. The van der Waals surface area contributed by atoms with Crippen LogP contribution in [0.4, 0.5) is 5.95 Å². The van der Waals surface area contributed by atoms with Gasteiger partial charge in [0.1, 0.15) is 5.71 Å². The zero-order valence-corrected chi connectivity index (χ0v) is 7.81. The molecule has 8 nitrogen and oxygen atoms in total. The van der Waals surface area contributed by atoms with Crippen LogP contribution < -0.4 is 5.43 Å². The molecule has 0 saturated carbocycles. The van der Waals surface area contributed by atoms with E-state index in [9.17, 15) is 4.79 Å². The predicted molar refractivity (Wildman–Crippen MR) is 47.5 cm³/mol. The molecule has 8 heteroatoms. The molecule has 0 atom stereocenters. The van der Waals surface area contributed by atoms with Gasteiger partial charge < -0.3 is 4.74 Å². The van der Waals surface area contributed by atoms with Crippen LogP contribution in [-0.2, 0) is 9.53 Å². The standard InChI is InChI=1S/C6H10N6O2/c1-3-14-5(13)4(2)7-8-6-9-11-12-10-6/h3H2,1-2H3,(H2,8,9,10,11,12)/b7-4-. The van der Waals surface area contributed by atoms with Crippen molar-refractivity contribution in [1.29, 1.82) is 0 Å². The highest BCUT2D eigenvalue weighted by Gasteiger charge is 2.06. The van der Waals surface area contributed by atoms with E-state index in [1.165, 1.54) is 6.92 Å². The van der Waals surface area contributed by atoms with Crippen LogP contribution in [0.5, 0.6) is 0 Å². The van der Waals surface area contributed by atoms with Gasteiger partial charge in [-0.15, -0.1) is 5.10 Å². The molecule has 0 saturated heterocycles. The number of esters is 1. The van der Waals surface area contributed by atoms with Gasteiger partial charge in [0.15, 0.2) is 0 Å². The van der Waals surface area contributed by atoms with Crippen molar-refractivity contribution >= 4 is 17.6 Å². The van der Waals surface area contributed by atoms with E-state index < -0.39 is 5.97 Å². The minimum absolute atomic E-state index is 0.189. The average molecular weight is 198 g/mol. The Balaban J connectivity index is 2.48. The number of carbonyl (C=O) groups excluding carboxylic acids is 1. The number of rotatable bonds is 4. The third kappa shape index (κ3) is 2.81. The predicted octanol–water partition coefficient (Wildman–Crippen LogP) is -0.449. The second-order valence-electron chi connectivity index (χ2n) is 2.26. The molecule has 1 heterocycles. The Kier molecular flexibility index (Phi) is 3.53. The van der Waals surface area contributed by atoms with Gasteiger partial charge >= 0.3 is 5.97 Å². The first-order valence-corrected chi connectivity index (χ1v) is 3.95. The number of aromatic nitrogens is 4. The minimum Gasteiger partial charge on any atom is -0.461 e. The van der Waals surface area contributed by atoms with Gasteiger partial charge in [-0.1, -0.05) is 5.10 Å². The zero-order valence-electron chi connectivity index (χ0n) is 7.81. The Morgan fingerprint density at radius 1 is 1.71 bits per heavy atom. The third-order valence-electron chi connectivity index (χ3n) is 1.24. The molecule has 1 aromatic rings. The van der Waals surface area contributed by atoms with Gasteiger partial charge in [0, 0.05) is 0 Å². The van der Waals surface area contributed by atoms with E-state index in [4.69, 9.17) is 4.74 Å². The van der Waals surface area contributed by atoms with E-state index in [0.29, 0.717) is 6.61 Å². The number of nitrogens with one attached hydrogen (secondary N) is 2. The molecule has 1 rings (SSSR count). The quantitative estimate of drug-likeness (QED) is 0.385. The molecule has 0 amide bonds. The number of hydrogen-bond acceptors (Lipinski definition) is 7. The Labute approximate surface area is 79.7 Å². The summed E-state index contributed by atoms with van der Waals surface area (Å²) in [4.78, 5) is 11.0. The summed E-state index contributed by atoms with van der Waals surface area (Å²) >= 11 is 0. The Morgan fingerprint density at radius 2 is 2.50 bits per heavy atom. The summed E-state index contributed by atoms with van der Waals surface area (Å²) in [6.45, 7) is 3.55. The summed E-state index contributed by atoms with van der Waals surface area (Å²) < 4.78 is 4.70. The molecule has 14 heavy (non-hydrogen) atoms. The molecule has 0 aromatic carbocycles. The molecule has 0 fully saturated rings. The molecule has 1 aromatic heterocycles. The summed E-state index contributed by atoms with van der Waals surface area (Å²) in [5, 5.41) is 16.4. The maximum atomic E-state index is 11.0. The van der Waals surface area contributed by atoms with E-state index in [-0.39, 0.29) is 11.7 Å². The fraction of sp³-hybridized carbons (Fsp3) is 0.500. The summed E-state index contributed by atoms with van der Waals surface area (Å²) in [6.07, 6.45) is 0. The molecule has 0 spiro atoms. The Hall–Kier alpha value is -1.99. The zero-order chi connectivity index (χ0) is 10.4. The Bertz CT molecular complexity index is 319. The van der Waals surface area contributed by atoms with Crippen LogP contribution in [0.25, 0.3) is 0 Å². The lowest BCUT2D eigenvalue weighted by atomic mass is 10.4. The maximum Gasteiger partial charge on any atom is 0.354 e. The monoisotopic (exact) mass is 198 g/mol. The summed E-state index contributed by atoms with van der Waals surface area (Å²) in [5.74, 6) is -0.294. The average Bonchev–Trinajstić information content (AvgIpc) is 2.67. The number of carbonyl (C=O) groups is 1. The van der Waals surface area contributed by atoms with Gasteiger partial charge in [-0.05, 0) is 19.1 Å². The third-order valence-corrected chi connectivity index (χ3v) is 1.24. The fourth-order valence-corrected chi connectivity index (χ4v) is 0.624. The number of hydrogen-bond donors (Lipinski definition) is 2. The van der Waals surface area contributed by atoms with Crippen LogP contribution in [0, 0.1) is 0 Å². The second kappa shape index (κ2) is 4.90. The van der Waals surface area contributed by atoms with Crippen molar-refractivity contribution in [3.63, 3.8) is 0 Å². The van der Waals surface area contributed by atoms with Crippen molar-refractivity contribution < 1.29 is 9.53 Å². The minimum atomic E-state index is -0.483. The van der Waals surface area contributed by atoms with Gasteiger partial charge in [-0.25, -0.2) is 10.2 Å². The van der Waals surface area contributed by atoms with Crippen LogP contribution in [0.1, 0.15) is 13.8 Å². The molecule has 76 valence electrons. The van der Waals surface area contributed by atoms with Gasteiger partial charge in [0.05, 0.1) is 6.61 Å². The van der Waals surface area contributed by atoms with Crippen molar-refractivity contribution in [2.45, 2.75) is 13.8 Å². The molecule has 0 aliphatic rings. The first-order valence-electron chi connectivity index (χ1n) is 3.95. The van der Waals surface area contributed by atoms with E-state index >= 15 is 0 Å². The first kappa shape index (κ1) is 10.1. The highest BCUT2D eigenvalue weighted by molar-refractivity contribution is 6.35. The van der Waals surface area contributed by atoms with Gasteiger partial charge in [-0.3, -0.25) is 0 Å². The lowest BCUT2D eigenvalue weighted by Gasteiger charge is -1.99. The normalized spacial score (nSPS) is 11.1. The van der Waals surface area contributed by atoms with E-state index in [1.54, 1.807) is 6.92 Å². The van der Waals surface area contributed by atoms with Gasteiger partial charge in [0.2, 0.25) is 0 Å². The smallest absolute Gasteiger partial charge is 0.354 e. The van der Waals surface area contributed by atoms with E-state index in [0.717, 1.165) is 0 Å². The highest BCUT2D eigenvalue weighted by Crippen LogP contribution is 1.91. The van der Waals surface area contributed by atoms with E-state index in [2.05, 4.69) is 31.2 Å². The summed E-state index contributed by atoms with van der Waals surface area (Å²) in [5.41, 5.74) is 2.63. The number of ether oxygens (including phenoxy) is 1. The van der Waals surface area contributed by atoms with Crippen LogP contribution in [0.15, 0.2) is 5.10 Å². The molecule has 0 aliphatic carbocycles. The number of tetrazole rings is 1. The summed E-state index contributed by atoms with van der Waals surface area (Å²) in [7, 11) is 0. The summed E-state index contributed by atoms with van der Waals surface area (Å²) in [6, 6.07) is 0. The number of H-pyrrole nitrogens is 1. The molecule has 0 aliphatic heterocycles. The molecule has 0 bridgehead atoms. The first-order chi connectivity index (χ1) is 6.74. The molecule has 2 N–H and O–H groups in total. The van der Waals surface area contributed by atoms with Crippen LogP contribution >= 0.6 is 0 Å². The fourth-order valence-electron chi connectivity index (χ4n) is 0.624. The highest BCUT2D eigenvalue weighted by atomic mass is 16.5. The van der Waals surface area contributed by atoms with Crippen molar-refractivity contribution in [1.82, 2.24) is 20.6 Å². The van der Waals surface area contributed by atoms with Crippen LogP contribution in [-0.4, -0.2) is 38.9 Å². The number of nitrogens with zero attached hydrogens (tertiary/aromatic N) is 4. The SMILES string of the molecule is CCOC(=O)/C(C)=N\Nc1nn[nH]n1. The van der Waals surface area contributed by atoms with E-state index in [1.807, 2.05) is 0 Å². The van der Waals surface area contributed by atoms with Gasteiger partial charge in [0.25, 0.3) is 5.95 Å². The largest absolute Gasteiger partial charge is 0.461 e. The topological polar surface area (TPSA) is 105 Å². The van der Waals surface area contributed by atoms with Crippen molar-refractivity contribution in [3.8, 4) is 0 Å². The van der Waals surface area contributed by atoms with Crippen molar-refractivity contribution in [2.75, 3.05) is 12.0 Å². The second-order valence-corrected chi connectivity index (χ2v) is 2.26. The number of hydrazone groups is 1. The lowest BCUT2D eigenvalue weighted by molar-refractivity contribution is -0.135. The van der Waals surface area contributed by atoms with Crippen LogP contribution in [0.3, 0.4) is 0 Å². The molecular formula is C6H10N6O2. The van der Waals surface area contributed by atoms with Gasteiger partial charge in [-0.2, -0.15) is 10.3 Å². The lowest BCUT2D eigenvalue weighted by Crippen LogP contribution is -2.15. The number of anilines is 1. The van der Waals surface area contributed by atoms with Crippen molar-refractivity contribution in [3.05, 3.63) is 0 Å². The Morgan fingerprint density at radius 3 is 3.07 bits per heavy atom. The maximum absolute atomic E-state index is 11.0. The molecule has 0 unspecified atom stereocenters. The molecular weight excluding hydrogens is 188 g/mol. The van der Waals surface area contributed by atoms with Crippen LogP contribution in [0.2, 0.25) is 0 Å². The number of aromatic amines is 1.